The monoisotopic (exact) mass is 333 g/mol. The van der Waals surface area contributed by atoms with Crippen LogP contribution in [0.2, 0.25) is 0 Å². The molecule has 7 nitrogen and oxygen atoms in total. The zero-order chi connectivity index (χ0) is 17.6. The molecular weight excluding hydrogens is 318 g/mol. The van der Waals surface area contributed by atoms with Gasteiger partial charge in [-0.3, -0.25) is 4.79 Å². The van der Waals surface area contributed by atoms with Crippen LogP contribution in [-0.2, 0) is 0 Å². The van der Waals surface area contributed by atoms with Gasteiger partial charge >= 0.3 is 0 Å². The van der Waals surface area contributed by atoms with Crippen molar-refractivity contribution >= 4 is 23.1 Å². The predicted octanol–water partition coefficient (Wildman–Crippen LogP) is 2.80. The van der Waals surface area contributed by atoms with Gasteiger partial charge in [0.2, 0.25) is 0 Å². The molecule has 3 aromatic rings. The third-order valence-corrected chi connectivity index (χ3v) is 3.44. The van der Waals surface area contributed by atoms with Gasteiger partial charge < -0.3 is 15.8 Å². The van der Waals surface area contributed by atoms with E-state index in [1.807, 2.05) is 48.5 Å². The van der Waals surface area contributed by atoms with Crippen LogP contribution in [0, 0.1) is 11.3 Å². The molecule has 0 amide bonds. The summed E-state index contributed by atoms with van der Waals surface area (Å²) in [6.07, 6.45) is 1.25. The van der Waals surface area contributed by atoms with E-state index in [1.54, 1.807) is 12.1 Å². The highest BCUT2D eigenvalue weighted by Crippen LogP contribution is 2.20. The molecule has 25 heavy (non-hydrogen) atoms. The summed E-state index contributed by atoms with van der Waals surface area (Å²) in [5.41, 5.74) is 7.71. The van der Waals surface area contributed by atoms with Crippen LogP contribution in [0.3, 0.4) is 0 Å². The van der Waals surface area contributed by atoms with E-state index in [-0.39, 0.29) is 18.0 Å². The highest BCUT2D eigenvalue weighted by Gasteiger charge is 2.14. The summed E-state index contributed by atoms with van der Waals surface area (Å²) in [6.45, 7) is -0.234. The number of rotatable bonds is 5. The molecule has 2 aromatic carbocycles. The maximum atomic E-state index is 12.0. The molecule has 0 atom stereocenters. The Labute approximate surface area is 144 Å². The Morgan fingerprint density at radius 1 is 1.16 bits per heavy atom. The number of anilines is 3. The number of benzene rings is 2. The van der Waals surface area contributed by atoms with Gasteiger partial charge in [0.05, 0.1) is 6.20 Å². The van der Waals surface area contributed by atoms with Crippen molar-refractivity contribution in [1.82, 2.24) is 9.78 Å². The second-order valence-electron chi connectivity index (χ2n) is 5.16. The summed E-state index contributed by atoms with van der Waals surface area (Å²) in [5, 5.41) is 15.9. The zero-order valence-electron chi connectivity index (χ0n) is 13.2. The van der Waals surface area contributed by atoms with E-state index in [0.717, 1.165) is 16.1 Å². The predicted molar refractivity (Wildman–Crippen MR) is 93.6 cm³/mol. The molecule has 0 radical (unpaired) electrons. The number of hydrogen-bond donors (Lipinski definition) is 2. The number of nitrogen functional groups attached to an aromatic ring is 1. The number of para-hydroxylation sites is 1. The molecule has 0 bridgehead atoms. The molecule has 1 aromatic heterocycles. The summed E-state index contributed by atoms with van der Waals surface area (Å²) in [7, 11) is 0. The minimum absolute atomic E-state index is 0.0125. The number of ether oxygens (including phenoxy) is 1. The van der Waals surface area contributed by atoms with Crippen LogP contribution in [0.4, 0.5) is 17.2 Å². The van der Waals surface area contributed by atoms with E-state index < -0.39 is 5.91 Å². The van der Waals surface area contributed by atoms with Crippen LogP contribution in [0.15, 0.2) is 60.8 Å². The van der Waals surface area contributed by atoms with Crippen molar-refractivity contribution in [3.05, 3.63) is 66.4 Å². The minimum atomic E-state index is -0.453. The summed E-state index contributed by atoms with van der Waals surface area (Å²) >= 11 is 0. The van der Waals surface area contributed by atoms with Gasteiger partial charge in [0, 0.05) is 11.4 Å². The molecule has 3 rings (SSSR count). The Balaban J connectivity index is 1.59. The lowest BCUT2D eigenvalue weighted by Crippen LogP contribution is -2.22. The lowest BCUT2D eigenvalue weighted by atomic mass is 10.2. The fraction of sp³-hybridized carbons (Fsp3) is 0.0556. The Kier molecular flexibility index (Phi) is 4.62. The lowest BCUT2D eigenvalue weighted by Gasteiger charge is -2.09. The number of nitrogens with one attached hydrogen (secondary N) is 1. The Hall–Kier alpha value is -3.79. The number of carbonyl (C=O) groups excluding carboxylic acids is 1. The smallest absolute Gasteiger partial charge is 0.286 e. The van der Waals surface area contributed by atoms with Crippen LogP contribution in [0.1, 0.15) is 10.4 Å². The number of nitrogens with two attached hydrogens (primary N) is 1. The SMILES string of the molecule is N#Cc1cnn(C(=O)COc2ccc(Nc3ccccc3)cc2)c1N. The molecule has 0 aliphatic heterocycles. The zero-order valence-corrected chi connectivity index (χ0v) is 13.2. The maximum absolute atomic E-state index is 12.0. The average molecular weight is 333 g/mol. The van der Waals surface area contributed by atoms with Crippen LogP contribution in [-0.4, -0.2) is 22.3 Å². The van der Waals surface area contributed by atoms with Gasteiger partial charge in [-0.25, -0.2) is 0 Å². The fourth-order valence-electron chi connectivity index (χ4n) is 2.17. The largest absolute Gasteiger partial charge is 0.484 e. The van der Waals surface area contributed by atoms with Gasteiger partial charge in [0.25, 0.3) is 5.91 Å². The van der Waals surface area contributed by atoms with E-state index >= 15 is 0 Å². The molecule has 124 valence electrons. The molecule has 0 spiro atoms. The van der Waals surface area contributed by atoms with Crippen molar-refractivity contribution < 1.29 is 9.53 Å². The van der Waals surface area contributed by atoms with E-state index in [2.05, 4.69) is 10.4 Å². The van der Waals surface area contributed by atoms with Crippen LogP contribution < -0.4 is 15.8 Å². The normalized spacial score (nSPS) is 10.0. The molecule has 0 unspecified atom stereocenters. The Morgan fingerprint density at radius 2 is 1.84 bits per heavy atom. The van der Waals surface area contributed by atoms with E-state index in [0.29, 0.717) is 5.75 Å². The van der Waals surface area contributed by atoms with Crippen molar-refractivity contribution in [3.63, 3.8) is 0 Å². The number of carbonyl (C=O) groups is 1. The fourth-order valence-corrected chi connectivity index (χ4v) is 2.17. The molecule has 0 saturated heterocycles. The topological polar surface area (TPSA) is 106 Å². The summed E-state index contributed by atoms with van der Waals surface area (Å²) in [5.74, 6) is 0.0993. The van der Waals surface area contributed by atoms with Gasteiger partial charge in [-0.1, -0.05) is 18.2 Å². The first kappa shape index (κ1) is 16.1. The first-order chi connectivity index (χ1) is 12.2. The number of aromatic nitrogens is 2. The number of hydrogen-bond acceptors (Lipinski definition) is 6. The summed E-state index contributed by atoms with van der Waals surface area (Å²) in [6, 6.07) is 18.9. The van der Waals surface area contributed by atoms with Crippen molar-refractivity contribution in [2.45, 2.75) is 0 Å². The second kappa shape index (κ2) is 7.19. The second-order valence-corrected chi connectivity index (χ2v) is 5.16. The standard InChI is InChI=1S/C18H15N5O2/c19-10-13-11-21-23(18(13)20)17(24)12-25-16-8-6-15(7-9-16)22-14-4-2-1-3-5-14/h1-9,11,22H,12,20H2. The maximum Gasteiger partial charge on any atom is 0.286 e. The van der Waals surface area contributed by atoms with E-state index in [4.69, 9.17) is 15.7 Å². The molecule has 0 fully saturated rings. The first-order valence-corrected chi connectivity index (χ1v) is 7.49. The highest BCUT2D eigenvalue weighted by molar-refractivity contribution is 5.83. The molecule has 3 N–H and O–H groups in total. The molecular formula is C18H15N5O2. The van der Waals surface area contributed by atoms with Gasteiger partial charge in [-0.15, -0.1) is 0 Å². The molecule has 0 saturated carbocycles. The van der Waals surface area contributed by atoms with Crippen LogP contribution in [0.5, 0.6) is 5.75 Å². The molecule has 0 aliphatic carbocycles. The highest BCUT2D eigenvalue weighted by atomic mass is 16.5. The molecule has 0 aliphatic rings. The minimum Gasteiger partial charge on any atom is -0.484 e. The third-order valence-electron chi connectivity index (χ3n) is 3.44. The van der Waals surface area contributed by atoms with Crippen molar-refractivity contribution in [2.75, 3.05) is 17.7 Å². The summed E-state index contributed by atoms with van der Waals surface area (Å²) < 4.78 is 6.41. The molecule has 1 heterocycles. The third kappa shape index (κ3) is 3.76. The van der Waals surface area contributed by atoms with Crippen LogP contribution in [0.25, 0.3) is 0 Å². The number of nitrogens with zero attached hydrogens (tertiary/aromatic N) is 3. The van der Waals surface area contributed by atoms with Gasteiger partial charge in [-0.05, 0) is 36.4 Å². The van der Waals surface area contributed by atoms with E-state index in [1.165, 1.54) is 6.20 Å². The molecule has 7 heteroatoms. The summed E-state index contributed by atoms with van der Waals surface area (Å²) in [4.78, 5) is 12.0. The van der Waals surface area contributed by atoms with Gasteiger partial charge in [-0.2, -0.15) is 15.0 Å². The quantitative estimate of drug-likeness (QED) is 0.743. The van der Waals surface area contributed by atoms with Crippen LogP contribution >= 0.6 is 0 Å². The van der Waals surface area contributed by atoms with Crippen molar-refractivity contribution in [2.24, 2.45) is 0 Å². The average Bonchev–Trinajstić information content (AvgIpc) is 3.02. The van der Waals surface area contributed by atoms with Gasteiger partial charge in [0.15, 0.2) is 6.61 Å². The number of nitriles is 1. The Morgan fingerprint density at radius 3 is 2.48 bits per heavy atom. The Bertz CT molecular complexity index is 911. The van der Waals surface area contributed by atoms with E-state index in [9.17, 15) is 4.79 Å². The first-order valence-electron chi connectivity index (χ1n) is 7.49. The van der Waals surface area contributed by atoms with Crippen molar-refractivity contribution in [3.8, 4) is 11.8 Å². The lowest BCUT2D eigenvalue weighted by molar-refractivity contribution is 0.0824. The van der Waals surface area contributed by atoms with Crippen molar-refractivity contribution in [1.29, 1.82) is 5.26 Å². The van der Waals surface area contributed by atoms with Gasteiger partial charge in [0.1, 0.15) is 23.2 Å².